The molecule has 0 radical (unpaired) electrons. The van der Waals surface area contributed by atoms with E-state index in [2.05, 4.69) is 26.2 Å². The predicted molar refractivity (Wildman–Crippen MR) is 121 cm³/mol. The Balaban J connectivity index is 1.77. The van der Waals surface area contributed by atoms with Gasteiger partial charge in [-0.05, 0) is 67.4 Å². The molecule has 1 aliphatic rings. The quantitative estimate of drug-likeness (QED) is 0.611. The van der Waals surface area contributed by atoms with E-state index < -0.39 is 6.04 Å². The topological polar surface area (TPSA) is 103 Å². The van der Waals surface area contributed by atoms with Crippen LogP contribution in [0.1, 0.15) is 36.6 Å². The second-order valence-electron chi connectivity index (χ2n) is 7.63. The summed E-state index contributed by atoms with van der Waals surface area (Å²) in [6, 6.07) is 10.9. The van der Waals surface area contributed by atoms with E-state index in [1.54, 1.807) is 11.8 Å². The van der Waals surface area contributed by atoms with Gasteiger partial charge in [-0.15, -0.1) is 0 Å². The van der Waals surface area contributed by atoms with Gasteiger partial charge in [0, 0.05) is 11.4 Å². The Morgan fingerprint density at radius 1 is 1.16 bits per heavy atom. The first-order valence-electron chi connectivity index (χ1n) is 10.4. The number of amides is 1. The number of ether oxygens (including phenoxy) is 2. The zero-order chi connectivity index (χ0) is 22.8. The molecule has 3 aromatic rings. The minimum atomic E-state index is -0.545. The number of aryl methyl sites for hydroxylation is 2. The van der Waals surface area contributed by atoms with E-state index in [1.165, 1.54) is 0 Å². The Morgan fingerprint density at radius 2 is 1.97 bits per heavy atom. The summed E-state index contributed by atoms with van der Waals surface area (Å²) in [4.78, 5) is 13.5. The van der Waals surface area contributed by atoms with Crippen molar-refractivity contribution in [2.45, 2.75) is 33.7 Å². The first-order chi connectivity index (χ1) is 15.4. The van der Waals surface area contributed by atoms with Crippen LogP contribution in [0.3, 0.4) is 0 Å². The van der Waals surface area contributed by atoms with Crippen LogP contribution < -0.4 is 20.1 Å². The molecular weight excluding hydrogens is 408 g/mol. The number of carbonyl (C=O) groups excluding carboxylic acids is 1. The maximum Gasteiger partial charge on any atom is 0.255 e. The lowest BCUT2D eigenvalue weighted by Gasteiger charge is -2.28. The summed E-state index contributed by atoms with van der Waals surface area (Å²) in [6.07, 6.45) is 0. The van der Waals surface area contributed by atoms with Gasteiger partial charge in [-0.25, -0.2) is 0 Å². The van der Waals surface area contributed by atoms with Gasteiger partial charge in [-0.3, -0.25) is 4.79 Å². The van der Waals surface area contributed by atoms with Crippen molar-refractivity contribution in [2.75, 3.05) is 24.4 Å². The van der Waals surface area contributed by atoms with E-state index in [-0.39, 0.29) is 5.91 Å². The molecule has 32 heavy (non-hydrogen) atoms. The summed E-state index contributed by atoms with van der Waals surface area (Å²) in [7, 11) is 1.58. The molecule has 1 amide bonds. The highest BCUT2D eigenvalue weighted by molar-refractivity contribution is 6.06. The predicted octanol–water partition coefficient (Wildman–Crippen LogP) is 3.62. The van der Waals surface area contributed by atoms with E-state index in [0.717, 1.165) is 22.4 Å². The smallest absolute Gasteiger partial charge is 0.255 e. The van der Waals surface area contributed by atoms with Crippen LogP contribution in [0.2, 0.25) is 0 Å². The average Bonchev–Trinajstić information content (AvgIpc) is 3.23. The maximum absolute atomic E-state index is 13.5. The lowest BCUT2D eigenvalue weighted by Crippen LogP contribution is -2.31. The number of anilines is 2. The molecule has 0 saturated carbocycles. The Bertz CT molecular complexity index is 1200. The normalized spacial score (nSPS) is 15.1. The van der Waals surface area contributed by atoms with Crippen molar-refractivity contribution >= 4 is 17.5 Å². The molecule has 0 bridgehead atoms. The molecule has 1 aliphatic heterocycles. The summed E-state index contributed by atoms with van der Waals surface area (Å²) in [5.41, 5.74) is 4.86. The van der Waals surface area contributed by atoms with Gasteiger partial charge in [-0.1, -0.05) is 28.9 Å². The molecule has 9 heteroatoms. The largest absolute Gasteiger partial charge is 0.493 e. The number of fused-ring (bicyclic) bond motifs is 1. The minimum absolute atomic E-state index is 0.235. The van der Waals surface area contributed by atoms with Crippen molar-refractivity contribution in [3.8, 4) is 11.5 Å². The highest BCUT2D eigenvalue weighted by atomic mass is 16.5. The van der Waals surface area contributed by atoms with E-state index in [1.807, 2.05) is 64.1 Å². The molecule has 2 N–H and O–H groups in total. The number of tetrazole rings is 1. The second-order valence-corrected chi connectivity index (χ2v) is 7.63. The van der Waals surface area contributed by atoms with Gasteiger partial charge >= 0.3 is 0 Å². The summed E-state index contributed by atoms with van der Waals surface area (Å²) >= 11 is 0. The third-order valence-corrected chi connectivity index (χ3v) is 5.39. The molecule has 2 aromatic carbocycles. The SMILES string of the molecule is CCOc1ccc([C@@H]2C(C(=O)Nc3ccc(C)cc3C)=C(C)Nc3nnnn32)cc1OC. The van der Waals surface area contributed by atoms with Crippen LogP contribution in [0.4, 0.5) is 11.6 Å². The fourth-order valence-corrected chi connectivity index (χ4v) is 3.89. The highest BCUT2D eigenvalue weighted by Gasteiger charge is 2.34. The molecule has 0 fully saturated rings. The van der Waals surface area contributed by atoms with Crippen LogP contribution >= 0.6 is 0 Å². The highest BCUT2D eigenvalue weighted by Crippen LogP contribution is 2.38. The summed E-state index contributed by atoms with van der Waals surface area (Å²) in [5, 5.41) is 18.1. The lowest BCUT2D eigenvalue weighted by atomic mass is 9.94. The van der Waals surface area contributed by atoms with Gasteiger partial charge < -0.3 is 20.1 Å². The van der Waals surface area contributed by atoms with E-state index in [0.29, 0.717) is 35.3 Å². The first-order valence-corrected chi connectivity index (χ1v) is 10.4. The Morgan fingerprint density at radius 3 is 2.69 bits per heavy atom. The number of rotatable bonds is 6. The lowest BCUT2D eigenvalue weighted by molar-refractivity contribution is -0.113. The second kappa shape index (κ2) is 8.70. The summed E-state index contributed by atoms with van der Waals surface area (Å²) in [6.45, 7) is 8.26. The Labute approximate surface area is 186 Å². The van der Waals surface area contributed by atoms with Crippen LogP contribution in [0.15, 0.2) is 47.7 Å². The maximum atomic E-state index is 13.5. The summed E-state index contributed by atoms with van der Waals surface area (Å²) < 4.78 is 12.8. The van der Waals surface area contributed by atoms with Crippen LogP contribution in [-0.2, 0) is 4.79 Å². The van der Waals surface area contributed by atoms with Gasteiger partial charge in [0.25, 0.3) is 5.91 Å². The molecule has 1 atom stereocenters. The zero-order valence-corrected chi connectivity index (χ0v) is 18.8. The summed E-state index contributed by atoms with van der Waals surface area (Å²) in [5.74, 6) is 1.43. The average molecular weight is 435 g/mol. The van der Waals surface area contributed by atoms with Gasteiger partial charge in [0.15, 0.2) is 11.5 Å². The van der Waals surface area contributed by atoms with Crippen LogP contribution in [0.5, 0.6) is 11.5 Å². The number of carbonyl (C=O) groups is 1. The molecule has 0 aliphatic carbocycles. The monoisotopic (exact) mass is 434 g/mol. The Hall–Kier alpha value is -3.88. The molecule has 9 nitrogen and oxygen atoms in total. The number of hydrogen-bond donors (Lipinski definition) is 2. The first kappa shape index (κ1) is 21.4. The van der Waals surface area contributed by atoms with Gasteiger partial charge in [0.1, 0.15) is 6.04 Å². The fraction of sp³-hybridized carbons (Fsp3) is 0.304. The third-order valence-electron chi connectivity index (χ3n) is 5.39. The van der Waals surface area contributed by atoms with E-state index in [9.17, 15) is 4.79 Å². The van der Waals surface area contributed by atoms with Crippen molar-refractivity contribution in [3.05, 3.63) is 64.4 Å². The van der Waals surface area contributed by atoms with Crippen molar-refractivity contribution in [1.82, 2.24) is 20.2 Å². The molecule has 1 aromatic heterocycles. The molecule has 0 spiro atoms. The molecule has 166 valence electrons. The van der Waals surface area contributed by atoms with Crippen molar-refractivity contribution in [2.24, 2.45) is 0 Å². The van der Waals surface area contributed by atoms with Crippen molar-refractivity contribution in [1.29, 1.82) is 0 Å². The molecule has 2 heterocycles. The van der Waals surface area contributed by atoms with Crippen LogP contribution in [0.25, 0.3) is 0 Å². The van der Waals surface area contributed by atoms with Gasteiger partial charge in [0.05, 0.1) is 19.3 Å². The van der Waals surface area contributed by atoms with Crippen molar-refractivity contribution in [3.63, 3.8) is 0 Å². The number of aromatic nitrogens is 4. The fourth-order valence-electron chi connectivity index (χ4n) is 3.89. The van der Waals surface area contributed by atoms with E-state index in [4.69, 9.17) is 9.47 Å². The van der Waals surface area contributed by atoms with Crippen LogP contribution in [0, 0.1) is 13.8 Å². The standard InChI is InChI=1S/C23H26N6O3/c1-6-32-18-10-8-16(12-19(18)31-5)21-20(15(4)24-23-26-27-28-29(21)23)22(30)25-17-9-7-13(2)11-14(17)3/h7-12,21H,6H2,1-5H3,(H,25,30)(H,24,26,28)/t21-/m1/s1. The number of benzene rings is 2. The molecular formula is C23H26N6O3. The van der Waals surface area contributed by atoms with Gasteiger partial charge in [0.2, 0.25) is 5.95 Å². The van der Waals surface area contributed by atoms with E-state index >= 15 is 0 Å². The number of allylic oxidation sites excluding steroid dienone is 1. The molecule has 4 rings (SSSR count). The molecule has 0 saturated heterocycles. The molecule has 0 unspecified atom stereocenters. The number of nitrogens with one attached hydrogen (secondary N) is 2. The Kier molecular flexibility index (Phi) is 5.81. The van der Waals surface area contributed by atoms with Crippen LogP contribution in [-0.4, -0.2) is 39.8 Å². The van der Waals surface area contributed by atoms with Gasteiger partial charge in [-0.2, -0.15) is 4.68 Å². The number of methoxy groups -OCH3 is 1. The number of nitrogens with zero attached hydrogens (tertiary/aromatic N) is 4. The third kappa shape index (κ3) is 3.89. The van der Waals surface area contributed by atoms with Crippen molar-refractivity contribution < 1.29 is 14.3 Å². The number of hydrogen-bond acceptors (Lipinski definition) is 7. The zero-order valence-electron chi connectivity index (χ0n) is 18.8. The minimum Gasteiger partial charge on any atom is -0.493 e.